The SMILES string of the molecule is CCSc1ccc(C(C)NC(=O)C(C)C2CNC2)cc1.Cl. The lowest BCUT2D eigenvalue weighted by Crippen LogP contribution is -2.49. The van der Waals surface area contributed by atoms with E-state index in [2.05, 4.69) is 41.8 Å². The third kappa shape index (κ3) is 4.90. The molecule has 1 fully saturated rings. The first kappa shape index (κ1) is 18.3. The molecule has 5 heteroatoms. The number of thioether (sulfide) groups is 1. The van der Waals surface area contributed by atoms with E-state index in [9.17, 15) is 4.79 Å². The fourth-order valence-electron chi connectivity index (χ4n) is 2.33. The van der Waals surface area contributed by atoms with Crippen molar-refractivity contribution in [1.29, 1.82) is 0 Å². The predicted molar refractivity (Wildman–Crippen MR) is 92.2 cm³/mol. The van der Waals surface area contributed by atoms with Crippen LogP contribution in [-0.4, -0.2) is 24.7 Å². The van der Waals surface area contributed by atoms with Gasteiger partial charge < -0.3 is 10.6 Å². The molecular weight excluding hydrogens is 304 g/mol. The van der Waals surface area contributed by atoms with Crippen LogP contribution in [-0.2, 0) is 4.79 Å². The number of hydrogen-bond acceptors (Lipinski definition) is 3. The van der Waals surface area contributed by atoms with Crippen LogP contribution in [0.5, 0.6) is 0 Å². The van der Waals surface area contributed by atoms with E-state index in [1.165, 1.54) is 4.90 Å². The van der Waals surface area contributed by atoms with Crippen molar-refractivity contribution in [2.45, 2.75) is 31.7 Å². The van der Waals surface area contributed by atoms with Crippen LogP contribution in [0.3, 0.4) is 0 Å². The van der Waals surface area contributed by atoms with E-state index in [4.69, 9.17) is 0 Å². The molecule has 1 aliphatic rings. The fraction of sp³-hybridized carbons (Fsp3) is 0.562. The van der Waals surface area contributed by atoms with Crippen molar-refractivity contribution in [3.8, 4) is 0 Å². The van der Waals surface area contributed by atoms with Gasteiger partial charge in [-0.1, -0.05) is 26.0 Å². The molecule has 118 valence electrons. The summed E-state index contributed by atoms with van der Waals surface area (Å²) in [7, 11) is 0. The number of carbonyl (C=O) groups is 1. The van der Waals surface area contributed by atoms with Gasteiger partial charge in [-0.2, -0.15) is 0 Å². The first-order chi connectivity index (χ1) is 9.61. The van der Waals surface area contributed by atoms with Crippen LogP contribution in [0.4, 0.5) is 0 Å². The molecule has 1 aliphatic heterocycles. The summed E-state index contributed by atoms with van der Waals surface area (Å²) in [5, 5.41) is 6.34. The maximum Gasteiger partial charge on any atom is 0.223 e. The lowest BCUT2D eigenvalue weighted by molar-refractivity contribution is -0.127. The van der Waals surface area contributed by atoms with Crippen LogP contribution in [0.1, 0.15) is 32.4 Å². The minimum absolute atomic E-state index is 0. The van der Waals surface area contributed by atoms with Crippen LogP contribution in [0.25, 0.3) is 0 Å². The minimum atomic E-state index is 0. The highest BCUT2D eigenvalue weighted by Crippen LogP contribution is 2.22. The smallest absolute Gasteiger partial charge is 0.223 e. The fourth-order valence-corrected chi connectivity index (χ4v) is 2.99. The highest BCUT2D eigenvalue weighted by Gasteiger charge is 2.29. The molecule has 1 heterocycles. The Kier molecular flexibility index (Phi) is 7.57. The lowest BCUT2D eigenvalue weighted by Gasteiger charge is -2.32. The zero-order valence-corrected chi connectivity index (χ0v) is 14.5. The highest BCUT2D eigenvalue weighted by atomic mass is 35.5. The second kappa shape index (κ2) is 8.66. The Balaban J connectivity index is 0.00000220. The van der Waals surface area contributed by atoms with Gasteiger partial charge in [-0.3, -0.25) is 4.79 Å². The van der Waals surface area contributed by atoms with Gasteiger partial charge in [0, 0.05) is 10.8 Å². The van der Waals surface area contributed by atoms with Gasteiger partial charge in [0.2, 0.25) is 5.91 Å². The standard InChI is InChI=1S/C16H24N2OS.ClH/c1-4-20-15-7-5-13(6-8-15)12(3)18-16(19)11(2)14-9-17-10-14;/h5-8,11-12,14,17H,4,9-10H2,1-3H3,(H,18,19);1H. The molecule has 0 spiro atoms. The Morgan fingerprint density at radius 3 is 2.43 bits per heavy atom. The van der Waals surface area contributed by atoms with Crippen molar-refractivity contribution < 1.29 is 4.79 Å². The first-order valence-corrected chi connectivity index (χ1v) is 8.34. The average molecular weight is 329 g/mol. The second-order valence-electron chi connectivity index (χ2n) is 5.44. The van der Waals surface area contributed by atoms with E-state index in [1.807, 2.05) is 25.6 Å². The molecule has 1 aromatic carbocycles. The summed E-state index contributed by atoms with van der Waals surface area (Å²) in [6.07, 6.45) is 0. The molecule has 21 heavy (non-hydrogen) atoms. The normalized spacial score (nSPS) is 17.3. The van der Waals surface area contributed by atoms with Gasteiger partial charge >= 0.3 is 0 Å². The maximum atomic E-state index is 12.2. The monoisotopic (exact) mass is 328 g/mol. The summed E-state index contributed by atoms with van der Waals surface area (Å²) in [4.78, 5) is 13.5. The quantitative estimate of drug-likeness (QED) is 0.788. The molecule has 3 nitrogen and oxygen atoms in total. The molecule has 0 aliphatic carbocycles. The maximum absolute atomic E-state index is 12.2. The van der Waals surface area contributed by atoms with Crippen molar-refractivity contribution in [2.24, 2.45) is 11.8 Å². The second-order valence-corrected chi connectivity index (χ2v) is 6.78. The van der Waals surface area contributed by atoms with Gasteiger partial charge in [0.15, 0.2) is 0 Å². The summed E-state index contributed by atoms with van der Waals surface area (Å²) in [6, 6.07) is 8.55. The Morgan fingerprint density at radius 2 is 1.95 bits per heavy atom. The van der Waals surface area contributed by atoms with Crippen LogP contribution in [0.2, 0.25) is 0 Å². The lowest BCUT2D eigenvalue weighted by atomic mass is 9.88. The average Bonchev–Trinajstić information content (AvgIpc) is 2.37. The van der Waals surface area contributed by atoms with E-state index in [0.29, 0.717) is 5.92 Å². The zero-order valence-electron chi connectivity index (χ0n) is 12.9. The molecule has 2 N–H and O–H groups in total. The van der Waals surface area contributed by atoms with Gasteiger partial charge in [-0.05, 0) is 49.4 Å². The molecule has 1 amide bonds. The molecule has 2 rings (SSSR count). The van der Waals surface area contributed by atoms with Gasteiger partial charge in [0.25, 0.3) is 0 Å². The number of benzene rings is 1. The molecular formula is C16H25ClN2OS. The number of carbonyl (C=O) groups excluding carboxylic acids is 1. The molecule has 0 radical (unpaired) electrons. The summed E-state index contributed by atoms with van der Waals surface area (Å²) in [5.74, 6) is 1.83. The van der Waals surface area contributed by atoms with Crippen LogP contribution >= 0.6 is 24.2 Å². The van der Waals surface area contributed by atoms with E-state index in [1.54, 1.807) is 0 Å². The Labute approximate surface area is 138 Å². The van der Waals surface area contributed by atoms with E-state index < -0.39 is 0 Å². The van der Waals surface area contributed by atoms with Crippen molar-refractivity contribution in [3.05, 3.63) is 29.8 Å². The van der Waals surface area contributed by atoms with Crippen molar-refractivity contribution >= 4 is 30.1 Å². The summed E-state index contributed by atoms with van der Waals surface area (Å²) in [5.41, 5.74) is 1.16. The molecule has 0 saturated carbocycles. The number of rotatable bonds is 6. The van der Waals surface area contributed by atoms with Gasteiger partial charge in [-0.15, -0.1) is 24.2 Å². The molecule has 1 aromatic rings. The van der Waals surface area contributed by atoms with Crippen molar-refractivity contribution in [1.82, 2.24) is 10.6 Å². The molecule has 0 aromatic heterocycles. The highest BCUT2D eigenvalue weighted by molar-refractivity contribution is 7.99. The molecule has 2 unspecified atom stereocenters. The summed E-state index contributed by atoms with van der Waals surface area (Å²) < 4.78 is 0. The van der Waals surface area contributed by atoms with Gasteiger partial charge in [0.05, 0.1) is 6.04 Å². The van der Waals surface area contributed by atoms with Gasteiger partial charge in [0.1, 0.15) is 0 Å². The summed E-state index contributed by atoms with van der Waals surface area (Å²) >= 11 is 1.83. The Bertz CT molecular complexity index is 448. The molecule has 2 atom stereocenters. The molecule has 0 bridgehead atoms. The van der Waals surface area contributed by atoms with Crippen LogP contribution < -0.4 is 10.6 Å². The Hall–Kier alpha value is -0.710. The third-order valence-electron chi connectivity index (χ3n) is 3.98. The predicted octanol–water partition coefficient (Wildman–Crippen LogP) is 3.25. The first-order valence-electron chi connectivity index (χ1n) is 7.35. The number of halogens is 1. The van der Waals surface area contributed by atoms with Crippen molar-refractivity contribution in [2.75, 3.05) is 18.8 Å². The Morgan fingerprint density at radius 1 is 1.33 bits per heavy atom. The number of amides is 1. The van der Waals surface area contributed by atoms with E-state index in [0.717, 1.165) is 24.4 Å². The van der Waals surface area contributed by atoms with E-state index in [-0.39, 0.29) is 30.3 Å². The number of nitrogens with one attached hydrogen (secondary N) is 2. The van der Waals surface area contributed by atoms with E-state index >= 15 is 0 Å². The summed E-state index contributed by atoms with van der Waals surface area (Å²) in [6.45, 7) is 8.15. The van der Waals surface area contributed by atoms with Crippen molar-refractivity contribution in [3.63, 3.8) is 0 Å². The topological polar surface area (TPSA) is 41.1 Å². The van der Waals surface area contributed by atoms with Crippen LogP contribution in [0.15, 0.2) is 29.2 Å². The third-order valence-corrected chi connectivity index (χ3v) is 4.88. The zero-order chi connectivity index (χ0) is 14.5. The largest absolute Gasteiger partial charge is 0.349 e. The minimum Gasteiger partial charge on any atom is -0.349 e. The molecule has 1 saturated heterocycles. The van der Waals surface area contributed by atoms with Crippen LogP contribution in [0, 0.1) is 11.8 Å². The van der Waals surface area contributed by atoms with Gasteiger partial charge in [-0.25, -0.2) is 0 Å². The number of hydrogen-bond donors (Lipinski definition) is 2.